The Morgan fingerprint density at radius 1 is 1.60 bits per heavy atom. The molecule has 1 N–H and O–H groups in total. The molecule has 0 fully saturated rings. The lowest BCUT2D eigenvalue weighted by atomic mass is 10.6. The maximum absolute atomic E-state index is 4.78. The molecule has 0 saturated carbocycles. The topological polar surface area (TPSA) is 24.4 Å². The number of nitrogens with one attached hydrogen (secondary N) is 1. The van der Waals surface area contributed by atoms with Crippen LogP contribution in [0.2, 0.25) is 0 Å². The molecule has 0 unspecified atom stereocenters. The number of thiocarbonyl (C=S) groups is 1. The average Bonchev–Trinajstić information content (AvgIpc) is 1.97. The lowest BCUT2D eigenvalue weighted by Crippen LogP contribution is -2.18. The molecule has 0 saturated heterocycles. The predicted molar refractivity (Wildman–Crippen MR) is 49.5 cm³/mol. The van der Waals surface area contributed by atoms with E-state index in [0.717, 1.165) is 0 Å². The molecule has 0 bridgehead atoms. The first-order valence-corrected chi connectivity index (χ1v) is 3.26. The standard InChI is InChI=1S/C7H10N2S/c1-3-5-8-7(10)9-6-4-2/h3-5H,1-2,6H2,(H,9,10)/b8-5+. The summed E-state index contributed by atoms with van der Waals surface area (Å²) >= 11 is 4.78. The van der Waals surface area contributed by atoms with E-state index in [1.54, 1.807) is 18.4 Å². The Kier molecular flexibility index (Phi) is 5.57. The second kappa shape index (κ2) is 6.16. The van der Waals surface area contributed by atoms with Gasteiger partial charge in [-0.15, -0.1) is 6.58 Å². The second-order valence-electron chi connectivity index (χ2n) is 1.49. The number of hydrogen-bond acceptors (Lipinski definition) is 1. The van der Waals surface area contributed by atoms with Gasteiger partial charge in [0, 0.05) is 12.8 Å². The molecule has 0 amide bonds. The number of rotatable bonds is 3. The summed E-state index contributed by atoms with van der Waals surface area (Å²) in [7, 11) is 0. The van der Waals surface area contributed by atoms with Gasteiger partial charge in [-0.25, -0.2) is 4.99 Å². The molecule has 0 aliphatic rings. The van der Waals surface area contributed by atoms with Crippen LogP contribution in [0.1, 0.15) is 0 Å². The van der Waals surface area contributed by atoms with Gasteiger partial charge in [0.1, 0.15) is 0 Å². The van der Waals surface area contributed by atoms with Gasteiger partial charge in [-0.05, 0) is 12.2 Å². The molecule has 0 aromatic heterocycles. The second-order valence-corrected chi connectivity index (χ2v) is 1.88. The summed E-state index contributed by atoms with van der Waals surface area (Å²) in [6.45, 7) is 7.62. The first-order chi connectivity index (χ1) is 4.81. The number of aliphatic imine (C=N–C) groups is 1. The fraction of sp³-hybridized carbons (Fsp3) is 0.143. The lowest BCUT2D eigenvalue weighted by Gasteiger charge is -1.95. The van der Waals surface area contributed by atoms with Crippen molar-refractivity contribution in [1.29, 1.82) is 0 Å². The van der Waals surface area contributed by atoms with E-state index < -0.39 is 0 Å². The van der Waals surface area contributed by atoms with Crippen LogP contribution in [0.4, 0.5) is 0 Å². The number of allylic oxidation sites excluding steroid dienone is 1. The summed E-state index contributed by atoms with van der Waals surface area (Å²) in [5.74, 6) is 0. The molecule has 0 aromatic rings. The zero-order chi connectivity index (χ0) is 7.82. The highest BCUT2D eigenvalue weighted by Crippen LogP contribution is 1.73. The molecule has 0 rings (SSSR count). The molecule has 0 aliphatic heterocycles. The largest absolute Gasteiger partial charge is 0.357 e. The normalized spacial score (nSPS) is 9.20. The molecule has 10 heavy (non-hydrogen) atoms. The van der Waals surface area contributed by atoms with E-state index in [0.29, 0.717) is 11.7 Å². The number of nitrogens with zero attached hydrogens (tertiary/aromatic N) is 1. The highest BCUT2D eigenvalue weighted by atomic mass is 32.1. The van der Waals surface area contributed by atoms with Crippen molar-refractivity contribution >= 4 is 23.5 Å². The quantitative estimate of drug-likeness (QED) is 0.376. The van der Waals surface area contributed by atoms with Crippen molar-refractivity contribution in [1.82, 2.24) is 5.32 Å². The van der Waals surface area contributed by atoms with E-state index >= 15 is 0 Å². The zero-order valence-corrected chi connectivity index (χ0v) is 6.53. The fourth-order valence-electron chi connectivity index (χ4n) is 0.326. The third-order valence-corrected chi connectivity index (χ3v) is 0.945. The van der Waals surface area contributed by atoms with Crippen LogP contribution in [0.3, 0.4) is 0 Å². The van der Waals surface area contributed by atoms with Crippen LogP contribution in [0.15, 0.2) is 30.3 Å². The summed E-state index contributed by atoms with van der Waals surface area (Å²) in [5.41, 5.74) is 0. The summed E-state index contributed by atoms with van der Waals surface area (Å²) in [6.07, 6.45) is 4.83. The summed E-state index contributed by atoms with van der Waals surface area (Å²) < 4.78 is 0. The van der Waals surface area contributed by atoms with Gasteiger partial charge in [-0.1, -0.05) is 18.7 Å². The first kappa shape index (κ1) is 9.04. The van der Waals surface area contributed by atoms with Crippen molar-refractivity contribution in [2.45, 2.75) is 0 Å². The van der Waals surface area contributed by atoms with E-state index in [1.165, 1.54) is 0 Å². The van der Waals surface area contributed by atoms with Gasteiger partial charge < -0.3 is 5.32 Å². The van der Waals surface area contributed by atoms with E-state index in [1.807, 2.05) is 0 Å². The Morgan fingerprint density at radius 3 is 2.80 bits per heavy atom. The first-order valence-electron chi connectivity index (χ1n) is 2.85. The van der Waals surface area contributed by atoms with Crippen molar-refractivity contribution in [3.8, 4) is 0 Å². The van der Waals surface area contributed by atoms with Crippen LogP contribution in [0, 0.1) is 0 Å². The number of hydrogen-bond donors (Lipinski definition) is 1. The molecule has 0 radical (unpaired) electrons. The third kappa shape index (κ3) is 5.18. The average molecular weight is 154 g/mol. The van der Waals surface area contributed by atoms with Gasteiger partial charge in [0.25, 0.3) is 0 Å². The van der Waals surface area contributed by atoms with Crippen molar-refractivity contribution in [3.63, 3.8) is 0 Å². The Balaban J connectivity index is 3.52. The Hall–Kier alpha value is -0.960. The van der Waals surface area contributed by atoms with Crippen molar-refractivity contribution in [2.75, 3.05) is 6.54 Å². The predicted octanol–water partition coefficient (Wildman–Crippen LogP) is 1.30. The van der Waals surface area contributed by atoms with E-state index in [2.05, 4.69) is 23.5 Å². The summed E-state index contributed by atoms with van der Waals surface area (Å²) in [4.78, 5) is 3.81. The van der Waals surface area contributed by atoms with Crippen LogP contribution in [-0.2, 0) is 0 Å². The molecule has 0 aromatic carbocycles. The van der Waals surface area contributed by atoms with E-state index in [4.69, 9.17) is 12.2 Å². The molecule has 0 spiro atoms. The SMILES string of the molecule is C=C/C=N/C(=S)NCC=C. The minimum absolute atomic E-state index is 0.458. The molecular weight excluding hydrogens is 144 g/mol. The molecule has 54 valence electrons. The molecule has 3 heteroatoms. The van der Waals surface area contributed by atoms with Gasteiger partial charge in [0.2, 0.25) is 0 Å². The molecular formula is C7H10N2S. The van der Waals surface area contributed by atoms with E-state index in [-0.39, 0.29) is 0 Å². The Bertz CT molecular complexity index is 161. The Labute approximate surface area is 66.4 Å². The van der Waals surface area contributed by atoms with Crippen LogP contribution in [0.5, 0.6) is 0 Å². The van der Waals surface area contributed by atoms with Crippen molar-refractivity contribution in [2.24, 2.45) is 4.99 Å². The third-order valence-electron chi connectivity index (χ3n) is 0.695. The summed E-state index contributed by atoms with van der Waals surface area (Å²) in [6, 6.07) is 0. The highest BCUT2D eigenvalue weighted by Gasteiger charge is 1.83. The molecule has 2 nitrogen and oxygen atoms in total. The highest BCUT2D eigenvalue weighted by molar-refractivity contribution is 7.80. The fourth-order valence-corrected chi connectivity index (χ4v) is 0.470. The van der Waals surface area contributed by atoms with Crippen molar-refractivity contribution in [3.05, 3.63) is 25.3 Å². The zero-order valence-electron chi connectivity index (χ0n) is 5.71. The Morgan fingerprint density at radius 2 is 2.30 bits per heavy atom. The van der Waals surface area contributed by atoms with Crippen molar-refractivity contribution < 1.29 is 0 Å². The minimum Gasteiger partial charge on any atom is -0.357 e. The van der Waals surface area contributed by atoms with Crippen LogP contribution in [-0.4, -0.2) is 17.9 Å². The van der Waals surface area contributed by atoms with Gasteiger partial charge >= 0.3 is 0 Å². The van der Waals surface area contributed by atoms with Crippen LogP contribution < -0.4 is 5.32 Å². The van der Waals surface area contributed by atoms with E-state index in [9.17, 15) is 0 Å². The molecule has 0 heterocycles. The molecule has 0 aliphatic carbocycles. The summed E-state index contributed by atoms with van der Waals surface area (Å²) in [5, 5.41) is 3.29. The maximum Gasteiger partial charge on any atom is 0.192 e. The maximum atomic E-state index is 4.78. The monoisotopic (exact) mass is 154 g/mol. The molecule has 0 atom stereocenters. The lowest BCUT2D eigenvalue weighted by molar-refractivity contribution is 1.05. The smallest absolute Gasteiger partial charge is 0.192 e. The van der Waals surface area contributed by atoms with Gasteiger partial charge in [-0.2, -0.15) is 0 Å². The minimum atomic E-state index is 0.458. The van der Waals surface area contributed by atoms with Gasteiger partial charge in [0.05, 0.1) is 0 Å². The van der Waals surface area contributed by atoms with Crippen LogP contribution >= 0.6 is 12.2 Å². The van der Waals surface area contributed by atoms with Gasteiger partial charge in [0.15, 0.2) is 5.11 Å². The van der Waals surface area contributed by atoms with Gasteiger partial charge in [-0.3, -0.25) is 0 Å². The van der Waals surface area contributed by atoms with Crippen LogP contribution in [0.25, 0.3) is 0 Å².